The van der Waals surface area contributed by atoms with Crippen molar-refractivity contribution in [3.63, 3.8) is 0 Å². The van der Waals surface area contributed by atoms with E-state index < -0.39 is 0 Å². The summed E-state index contributed by atoms with van der Waals surface area (Å²) in [6.45, 7) is 4.25. The minimum absolute atomic E-state index is 0.111. The summed E-state index contributed by atoms with van der Waals surface area (Å²) in [4.78, 5) is 2.47. The van der Waals surface area contributed by atoms with Gasteiger partial charge in [0, 0.05) is 24.8 Å². The third-order valence-electron chi connectivity index (χ3n) is 5.25. The quantitative estimate of drug-likeness (QED) is 0.642. The van der Waals surface area contributed by atoms with Crippen molar-refractivity contribution in [3.05, 3.63) is 29.3 Å². The van der Waals surface area contributed by atoms with Crippen molar-refractivity contribution in [2.24, 2.45) is 5.92 Å². The van der Waals surface area contributed by atoms with Crippen LogP contribution in [-0.4, -0.2) is 35.2 Å². The zero-order chi connectivity index (χ0) is 14.1. The molecule has 0 spiro atoms. The first-order valence-electron chi connectivity index (χ1n) is 7.93. The molecule has 3 rings (SSSR count). The lowest BCUT2D eigenvalue weighted by Crippen LogP contribution is -2.37. The van der Waals surface area contributed by atoms with Crippen molar-refractivity contribution in [3.8, 4) is 0 Å². The number of nitrogens with two attached hydrogens (primary N) is 1. The third-order valence-corrected chi connectivity index (χ3v) is 5.25. The fourth-order valence-electron chi connectivity index (χ4n) is 3.87. The Labute approximate surface area is 121 Å². The summed E-state index contributed by atoms with van der Waals surface area (Å²) >= 11 is 0. The molecule has 110 valence electrons. The fourth-order valence-corrected chi connectivity index (χ4v) is 3.87. The van der Waals surface area contributed by atoms with E-state index in [2.05, 4.69) is 24.0 Å². The second-order valence-corrected chi connectivity index (χ2v) is 6.54. The van der Waals surface area contributed by atoms with Crippen molar-refractivity contribution in [2.45, 2.75) is 51.2 Å². The van der Waals surface area contributed by atoms with Gasteiger partial charge in [0.2, 0.25) is 0 Å². The Bertz CT molecular complexity index is 474. The van der Waals surface area contributed by atoms with Crippen LogP contribution in [0.2, 0.25) is 0 Å². The van der Waals surface area contributed by atoms with Gasteiger partial charge in [-0.25, -0.2) is 0 Å². The SMILES string of the molecule is CC(C1CCc2ccc(N)cc2CC1)N1CC[C@H](O)C1. The molecule has 3 N–H and O–H groups in total. The summed E-state index contributed by atoms with van der Waals surface area (Å²) in [6.07, 6.45) is 5.63. The third kappa shape index (κ3) is 2.84. The number of benzene rings is 1. The molecular formula is C17H26N2O. The number of fused-ring (bicyclic) bond motifs is 1. The van der Waals surface area contributed by atoms with Crippen LogP contribution >= 0.6 is 0 Å². The second-order valence-electron chi connectivity index (χ2n) is 6.54. The molecule has 0 bridgehead atoms. The van der Waals surface area contributed by atoms with Crippen molar-refractivity contribution >= 4 is 5.69 Å². The summed E-state index contributed by atoms with van der Waals surface area (Å²) in [7, 11) is 0. The number of nitrogens with zero attached hydrogens (tertiary/aromatic N) is 1. The van der Waals surface area contributed by atoms with Crippen molar-refractivity contribution < 1.29 is 5.11 Å². The average molecular weight is 274 g/mol. The first-order chi connectivity index (χ1) is 9.63. The first kappa shape index (κ1) is 13.9. The van der Waals surface area contributed by atoms with Gasteiger partial charge in [-0.05, 0) is 68.2 Å². The van der Waals surface area contributed by atoms with E-state index in [4.69, 9.17) is 5.73 Å². The van der Waals surface area contributed by atoms with Gasteiger partial charge in [-0.1, -0.05) is 6.07 Å². The van der Waals surface area contributed by atoms with Crippen LogP contribution in [0.5, 0.6) is 0 Å². The predicted molar refractivity (Wildman–Crippen MR) is 82.6 cm³/mol. The van der Waals surface area contributed by atoms with E-state index >= 15 is 0 Å². The molecule has 3 atom stereocenters. The summed E-state index contributed by atoms with van der Waals surface area (Å²) in [6, 6.07) is 6.97. The molecule has 2 aliphatic rings. The van der Waals surface area contributed by atoms with Gasteiger partial charge in [-0.2, -0.15) is 0 Å². The van der Waals surface area contributed by atoms with Crippen LogP contribution in [0.4, 0.5) is 5.69 Å². The summed E-state index contributed by atoms with van der Waals surface area (Å²) < 4.78 is 0. The number of aliphatic hydroxyl groups is 1. The zero-order valence-electron chi connectivity index (χ0n) is 12.4. The highest BCUT2D eigenvalue weighted by Gasteiger charge is 2.30. The minimum atomic E-state index is -0.111. The van der Waals surface area contributed by atoms with Crippen LogP contribution in [0.15, 0.2) is 18.2 Å². The van der Waals surface area contributed by atoms with E-state index in [0.29, 0.717) is 6.04 Å². The molecule has 3 heteroatoms. The van der Waals surface area contributed by atoms with Crippen molar-refractivity contribution in [2.75, 3.05) is 18.8 Å². The predicted octanol–water partition coefficient (Wildman–Crippen LogP) is 2.22. The van der Waals surface area contributed by atoms with Gasteiger partial charge in [-0.3, -0.25) is 4.90 Å². The molecule has 1 saturated heterocycles. The van der Waals surface area contributed by atoms with Gasteiger partial charge in [0.1, 0.15) is 0 Å². The van der Waals surface area contributed by atoms with E-state index in [1.807, 2.05) is 6.07 Å². The molecule has 0 saturated carbocycles. The summed E-state index contributed by atoms with van der Waals surface area (Å²) in [5.74, 6) is 0.730. The number of hydrogen-bond acceptors (Lipinski definition) is 3. The average Bonchev–Trinajstić information content (AvgIpc) is 2.75. The molecule has 0 radical (unpaired) electrons. The van der Waals surface area contributed by atoms with Crippen LogP contribution in [-0.2, 0) is 12.8 Å². The fraction of sp³-hybridized carbons (Fsp3) is 0.647. The number of hydrogen-bond donors (Lipinski definition) is 2. The Morgan fingerprint density at radius 1 is 1.20 bits per heavy atom. The van der Waals surface area contributed by atoms with Gasteiger partial charge < -0.3 is 10.8 Å². The smallest absolute Gasteiger partial charge is 0.0679 e. The number of anilines is 1. The molecule has 3 nitrogen and oxygen atoms in total. The van der Waals surface area contributed by atoms with Crippen LogP contribution in [0, 0.1) is 5.92 Å². The van der Waals surface area contributed by atoms with Crippen molar-refractivity contribution in [1.29, 1.82) is 0 Å². The van der Waals surface area contributed by atoms with E-state index in [0.717, 1.165) is 37.5 Å². The number of β-amino-alcohol motifs (C(OH)–C–C–N with tert-alkyl or cyclic N) is 1. The second kappa shape index (κ2) is 5.74. The number of aliphatic hydroxyl groups excluding tert-OH is 1. The molecule has 1 aliphatic carbocycles. The Morgan fingerprint density at radius 3 is 2.65 bits per heavy atom. The van der Waals surface area contributed by atoms with Gasteiger partial charge in [-0.15, -0.1) is 0 Å². The molecule has 20 heavy (non-hydrogen) atoms. The maximum atomic E-state index is 9.72. The molecule has 1 heterocycles. The molecular weight excluding hydrogens is 248 g/mol. The Morgan fingerprint density at radius 2 is 1.95 bits per heavy atom. The lowest BCUT2D eigenvalue weighted by atomic mass is 9.91. The molecule has 1 fully saturated rings. The highest BCUT2D eigenvalue weighted by molar-refractivity contribution is 5.45. The van der Waals surface area contributed by atoms with E-state index in [9.17, 15) is 5.11 Å². The summed E-state index contributed by atoms with van der Waals surface area (Å²) in [5, 5.41) is 9.72. The van der Waals surface area contributed by atoms with Gasteiger partial charge in [0.25, 0.3) is 0 Å². The normalized spacial score (nSPS) is 28.9. The van der Waals surface area contributed by atoms with E-state index in [-0.39, 0.29) is 6.10 Å². The standard InChI is InChI=1S/C17H26N2O/c1-12(19-9-8-17(20)11-19)13-2-4-14-6-7-16(18)10-15(14)5-3-13/h6-7,10,12-13,17,20H,2-5,8-9,11,18H2,1H3/t12?,13?,17-/m0/s1. The van der Waals surface area contributed by atoms with Gasteiger partial charge >= 0.3 is 0 Å². The van der Waals surface area contributed by atoms with Crippen LogP contribution in [0.25, 0.3) is 0 Å². The lowest BCUT2D eigenvalue weighted by Gasteiger charge is -2.31. The highest BCUT2D eigenvalue weighted by atomic mass is 16.3. The monoisotopic (exact) mass is 274 g/mol. The number of aryl methyl sites for hydroxylation is 2. The van der Waals surface area contributed by atoms with Crippen molar-refractivity contribution in [1.82, 2.24) is 4.90 Å². The largest absolute Gasteiger partial charge is 0.399 e. The summed E-state index contributed by atoms with van der Waals surface area (Å²) in [5.41, 5.74) is 9.72. The van der Waals surface area contributed by atoms with Gasteiger partial charge in [0.05, 0.1) is 6.10 Å². The maximum absolute atomic E-state index is 9.72. The molecule has 0 aromatic heterocycles. The molecule has 1 aromatic carbocycles. The van der Waals surface area contributed by atoms with E-state index in [1.54, 1.807) is 0 Å². The van der Waals surface area contributed by atoms with Gasteiger partial charge in [0.15, 0.2) is 0 Å². The van der Waals surface area contributed by atoms with Crippen LogP contribution in [0.3, 0.4) is 0 Å². The number of likely N-dealkylation sites (tertiary alicyclic amines) is 1. The lowest BCUT2D eigenvalue weighted by molar-refractivity contribution is 0.135. The number of nitrogen functional groups attached to an aromatic ring is 1. The Balaban J connectivity index is 1.67. The molecule has 0 amide bonds. The maximum Gasteiger partial charge on any atom is 0.0679 e. The van der Waals surface area contributed by atoms with E-state index in [1.165, 1.54) is 30.4 Å². The Hall–Kier alpha value is -1.06. The number of rotatable bonds is 2. The first-order valence-corrected chi connectivity index (χ1v) is 7.93. The highest BCUT2D eigenvalue weighted by Crippen LogP contribution is 2.30. The Kier molecular flexibility index (Phi) is 3.99. The molecule has 2 unspecified atom stereocenters. The topological polar surface area (TPSA) is 49.5 Å². The zero-order valence-corrected chi connectivity index (χ0v) is 12.4. The van der Waals surface area contributed by atoms with Crippen LogP contribution < -0.4 is 5.73 Å². The molecule has 1 aromatic rings. The minimum Gasteiger partial charge on any atom is -0.399 e. The molecule has 1 aliphatic heterocycles. The van der Waals surface area contributed by atoms with Crippen LogP contribution in [0.1, 0.15) is 37.3 Å².